The summed E-state index contributed by atoms with van der Waals surface area (Å²) < 4.78 is 15.8. The van der Waals surface area contributed by atoms with Gasteiger partial charge in [-0.05, 0) is 0 Å². The topological polar surface area (TPSA) is 154 Å². The molecule has 22 heavy (non-hydrogen) atoms. The molecule has 2 saturated heterocycles. The predicted octanol–water partition coefficient (Wildman–Crippen LogP) is -1.45. The van der Waals surface area contributed by atoms with Gasteiger partial charge in [-0.3, -0.25) is 20.2 Å². The van der Waals surface area contributed by atoms with Crippen LogP contribution in [-0.4, -0.2) is 76.6 Å². The van der Waals surface area contributed by atoms with Crippen LogP contribution >= 0.6 is 0 Å². The Morgan fingerprint density at radius 1 is 1.18 bits per heavy atom. The van der Waals surface area contributed by atoms with Crippen molar-refractivity contribution in [1.29, 1.82) is 0 Å². The highest BCUT2D eigenvalue weighted by molar-refractivity contribution is 4.84. The third-order valence-electron chi connectivity index (χ3n) is 3.70. The molecule has 1 unspecified atom stereocenters. The Labute approximate surface area is 125 Å². The largest absolute Gasteiger partial charge is 0.394 e. The Kier molecular flexibility index (Phi) is 5.58. The lowest BCUT2D eigenvalue weighted by Gasteiger charge is -2.35. The maximum absolute atomic E-state index is 11.2. The first-order valence-corrected chi connectivity index (χ1v) is 6.87. The molecule has 11 nitrogen and oxygen atoms in total. The van der Waals surface area contributed by atoms with E-state index in [1.165, 1.54) is 0 Å². The van der Waals surface area contributed by atoms with Gasteiger partial charge in [-0.15, -0.1) is 0 Å². The first-order chi connectivity index (χ1) is 10.4. The van der Waals surface area contributed by atoms with E-state index in [1.54, 1.807) is 0 Å². The Balaban J connectivity index is 2.12. The predicted molar refractivity (Wildman–Crippen MR) is 68.2 cm³/mol. The molecule has 0 amide bonds. The number of hydrogen-bond acceptors (Lipinski definition) is 9. The van der Waals surface area contributed by atoms with Crippen LogP contribution < -0.4 is 0 Å². The maximum Gasteiger partial charge on any atom is 0.328 e. The first-order valence-electron chi connectivity index (χ1n) is 6.87. The molecule has 0 aromatic rings. The van der Waals surface area contributed by atoms with Gasteiger partial charge in [0, 0.05) is 16.3 Å². The number of aliphatic hydroxyl groups excluding tert-OH is 2. The SMILES string of the molecule is O=[N+]([O-])[C@@H]1[C@@H](O[C@H]2COC[C@@H](O)C2)OC(CO)C[C@H]1[N+](=O)[O-]. The van der Waals surface area contributed by atoms with Gasteiger partial charge >= 0.3 is 6.04 Å². The van der Waals surface area contributed by atoms with Gasteiger partial charge in [-0.25, -0.2) is 0 Å². The minimum atomic E-state index is -1.68. The summed E-state index contributed by atoms with van der Waals surface area (Å²) in [5, 5.41) is 40.9. The number of nitro groups is 2. The van der Waals surface area contributed by atoms with E-state index in [9.17, 15) is 25.3 Å². The number of ether oxygens (including phenoxy) is 3. The summed E-state index contributed by atoms with van der Waals surface area (Å²) in [4.78, 5) is 20.7. The van der Waals surface area contributed by atoms with E-state index in [2.05, 4.69) is 0 Å². The lowest BCUT2D eigenvalue weighted by atomic mass is 9.98. The average Bonchev–Trinajstić information content (AvgIpc) is 2.45. The van der Waals surface area contributed by atoms with Crippen molar-refractivity contribution < 1.29 is 34.3 Å². The normalized spacial score (nSPS) is 39.4. The molecule has 0 aliphatic carbocycles. The second-order valence-corrected chi connectivity index (χ2v) is 5.36. The number of nitrogens with zero attached hydrogens (tertiary/aromatic N) is 2. The third-order valence-corrected chi connectivity index (χ3v) is 3.70. The number of hydrogen-bond donors (Lipinski definition) is 2. The summed E-state index contributed by atoms with van der Waals surface area (Å²) in [7, 11) is 0. The molecule has 0 aromatic carbocycles. The second kappa shape index (κ2) is 7.24. The summed E-state index contributed by atoms with van der Waals surface area (Å²) in [5.74, 6) is 0. The molecule has 0 radical (unpaired) electrons. The van der Waals surface area contributed by atoms with Crippen LogP contribution in [0, 0.1) is 20.2 Å². The highest BCUT2D eigenvalue weighted by atomic mass is 16.7. The summed E-state index contributed by atoms with van der Waals surface area (Å²) >= 11 is 0. The minimum absolute atomic E-state index is 0.105. The van der Waals surface area contributed by atoms with Gasteiger partial charge in [0.15, 0.2) is 0 Å². The Morgan fingerprint density at radius 3 is 2.45 bits per heavy atom. The van der Waals surface area contributed by atoms with E-state index in [-0.39, 0.29) is 26.1 Å². The molecule has 126 valence electrons. The fourth-order valence-electron chi connectivity index (χ4n) is 2.66. The van der Waals surface area contributed by atoms with Crippen molar-refractivity contribution in [3.63, 3.8) is 0 Å². The molecule has 0 bridgehead atoms. The van der Waals surface area contributed by atoms with Crippen molar-refractivity contribution >= 4 is 0 Å². The molecular formula is C11H18N2O9. The second-order valence-electron chi connectivity index (χ2n) is 5.36. The van der Waals surface area contributed by atoms with Crippen molar-refractivity contribution in [2.45, 2.75) is 49.5 Å². The van der Waals surface area contributed by atoms with E-state index < -0.39 is 53.1 Å². The van der Waals surface area contributed by atoms with Gasteiger partial charge in [0.2, 0.25) is 6.29 Å². The number of rotatable bonds is 5. The van der Waals surface area contributed by atoms with Gasteiger partial charge in [0.1, 0.15) is 0 Å². The first kappa shape index (κ1) is 17.0. The standard InChI is InChI=1S/C11H18N2O9/c14-3-7-2-9(12(16)17)10(13(18)19)11(21-7)22-8-1-6(15)4-20-5-8/h6-11,14-15H,1-5H2/t6-,7?,8+,9+,10-,11+/m0/s1. The molecule has 0 aromatic heterocycles. The van der Waals surface area contributed by atoms with Crippen LogP contribution in [0.15, 0.2) is 0 Å². The van der Waals surface area contributed by atoms with Gasteiger partial charge in [0.05, 0.1) is 44.6 Å². The molecule has 0 spiro atoms. The molecule has 6 atom stereocenters. The zero-order chi connectivity index (χ0) is 16.3. The highest BCUT2D eigenvalue weighted by Crippen LogP contribution is 2.27. The van der Waals surface area contributed by atoms with Crippen LogP contribution in [0.5, 0.6) is 0 Å². The lowest BCUT2D eigenvalue weighted by molar-refractivity contribution is -0.645. The van der Waals surface area contributed by atoms with E-state index in [4.69, 9.17) is 19.3 Å². The quantitative estimate of drug-likeness (QED) is 0.457. The van der Waals surface area contributed by atoms with Crippen LogP contribution in [0.1, 0.15) is 12.8 Å². The highest BCUT2D eigenvalue weighted by Gasteiger charge is 2.55. The summed E-state index contributed by atoms with van der Waals surface area (Å²) in [6, 6.07) is -3.20. The van der Waals surface area contributed by atoms with Crippen LogP contribution in [0.3, 0.4) is 0 Å². The molecule has 2 rings (SSSR count). The lowest BCUT2D eigenvalue weighted by Crippen LogP contribution is -2.58. The van der Waals surface area contributed by atoms with E-state index in [0.29, 0.717) is 0 Å². The van der Waals surface area contributed by atoms with Crippen molar-refractivity contribution in [2.75, 3.05) is 19.8 Å². The van der Waals surface area contributed by atoms with Crippen molar-refractivity contribution in [3.8, 4) is 0 Å². The Hall–Kier alpha value is -1.40. The molecule has 2 aliphatic rings. The van der Waals surface area contributed by atoms with Crippen molar-refractivity contribution in [3.05, 3.63) is 20.2 Å². The summed E-state index contributed by atoms with van der Waals surface area (Å²) in [5.41, 5.74) is 0. The van der Waals surface area contributed by atoms with E-state index in [0.717, 1.165) is 0 Å². The monoisotopic (exact) mass is 322 g/mol. The van der Waals surface area contributed by atoms with Crippen LogP contribution in [0.25, 0.3) is 0 Å². The minimum Gasteiger partial charge on any atom is -0.394 e. The Morgan fingerprint density at radius 2 is 1.91 bits per heavy atom. The molecule has 2 N–H and O–H groups in total. The van der Waals surface area contributed by atoms with Crippen LogP contribution in [-0.2, 0) is 14.2 Å². The third kappa shape index (κ3) is 3.87. The zero-order valence-corrected chi connectivity index (χ0v) is 11.6. The van der Waals surface area contributed by atoms with Crippen molar-refractivity contribution in [2.24, 2.45) is 0 Å². The van der Waals surface area contributed by atoms with Gasteiger partial charge in [-0.2, -0.15) is 0 Å². The molecule has 2 aliphatic heterocycles. The van der Waals surface area contributed by atoms with Crippen LogP contribution in [0.2, 0.25) is 0 Å². The van der Waals surface area contributed by atoms with Crippen molar-refractivity contribution in [1.82, 2.24) is 0 Å². The van der Waals surface area contributed by atoms with E-state index in [1.807, 2.05) is 0 Å². The summed E-state index contributed by atoms with van der Waals surface area (Å²) in [6.45, 7) is -0.256. The fourth-order valence-corrected chi connectivity index (χ4v) is 2.66. The number of aliphatic hydroxyl groups is 2. The maximum atomic E-state index is 11.2. The molecule has 11 heteroatoms. The van der Waals surface area contributed by atoms with Gasteiger partial charge in [-0.1, -0.05) is 0 Å². The average molecular weight is 322 g/mol. The molecular weight excluding hydrogens is 304 g/mol. The zero-order valence-electron chi connectivity index (χ0n) is 11.6. The van der Waals surface area contributed by atoms with Crippen LogP contribution in [0.4, 0.5) is 0 Å². The van der Waals surface area contributed by atoms with E-state index >= 15 is 0 Å². The Bertz CT molecular complexity index is 420. The smallest absolute Gasteiger partial charge is 0.328 e. The fraction of sp³-hybridized carbons (Fsp3) is 1.00. The molecule has 0 saturated carbocycles. The molecule has 2 heterocycles. The van der Waals surface area contributed by atoms with Gasteiger partial charge in [0.25, 0.3) is 6.04 Å². The summed E-state index contributed by atoms with van der Waals surface area (Å²) in [6.07, 6.45) is -3.89. The molecule has 2 fully saturated rings. The van der Waals surface area contributed by atoms with Gasteiger partial charge < -0.3 is 24.4 Å².